The first-order valence-electron chi connectivity index (χ1n) is 12.3. The second-order valence-electron chi connectivity index (χ2n) is 8.63. The number of nitrogens with zero attached hydrogens (tertiary/aromatic N) is 5. The lowest BCUT2D eigenvalue weighted by atomic mass is 10.2. The first-order chi connectivity index (χ1) is 18.7. The van der Waals surface area contributed by atoms with Crippen LogP contribution in [0.1, 0.15) is 24.0 Å². The fourth-order valence-corrected chi connectivity index (χ4v) is 4.00. The molecule has 0 aliphatic carbocycles. The van der Waals surface area contributed by atoms with Gasteiger partial charge in [0.1, 0.15) is 12.4 Å². The number of para-hydroxylation sites is 1. The van der Waals surface area contributed by atoms with Crippen molar-refractivity contribution in [3.05, 3.63) is 89.7 Å². The quantitative estimate of drug-likeness (QED) is 0.215. The molecule has 1 aliphatic rings. The van der Waals surface area contributed by atoms with Gasteiger partial charge in [0.15, 0.2) is 11.5 Å². The summed E-state index contributed by atoms with van der Waals surface area (Å²) in [5, 5.41) is 7.55. The first-order valence-corrected chi connectivity index (χ1v) is 12.3. The predicted molar refractivity (Wildman–Crippen MR) is 146 cm³/mol. The maximum Gasteiger partial charge on any atom is 0.250 e. The van der Waals surface area contributed by atoms with E-state index in [1.807, 2.05) is 36.4 Å². The third-order valence-electron chi connectivity index (χ3n) is 5.95. The van der Waals surface area contributed by atoms with E-state index >= 15 is 0 Å². The molecule has 1 saturated heterocycles. The van der Waals surface area contributed by atoms with Gasteiger partial charge in [-0.15, -0.1) is 0 Å². The number of rotatable bonds is 10. The lowest BCUT2D eigenvalue weighted by molar-refractivity contribution is 0.279. The van der Waals surface area contributed by atoms with Crippen molar-refractivity contribution in [1.29, 1.82) is 0 Å². The van der Waals surface area contributed by atoms with Crippen LogP contribution in [0.25, 0.3) is 0 Å². The number of nitrogens with one attached hydrogen (secondary N) is 2. The number of halogens is 1. The molecule has 1 fully saturated rings. The molecule has 5 rings (SSSR count). The zero-order chi connectivity index (χ0) is 26.2. The lowest BCUT2D eigenvalue weighted by Crippen LogP contribution is -2.21. The average Bonchev–Trinajstić information content (AvgIpc) is 3.49. The molecule has 0 unspecified atom stereocenters. The predicted octanol–water partition coefficient (Wildman–Crippen LogP) is 5.39. The minimum Gasteiger partial charge on any atom is -0.493 e. The van der Waals surface area contributed by atoms with Crippen LogP contribution in [0.2, 0.25) is 0 Å². The summed E-state index contributed by atoms with van der Waals surface area (Å²) in [6, 6.07) is 21.6. The Bertz CT molecular complexity index is 1400. The number of hydrogen-bond acceptors (Lipinski definition) is 9. The molecule has 0 saturated carbocycles. The molecular formula is C28H28FN7O2. The van der Waals surface area contributed by atoms with Crippen molar-refractivity contribution in [2.75, 3.05) is 35.8 Å². The highest BCUT2D eigenvalue weighted by Crippen LogP contribution is 2.29. The largest absolute Gasteiger partial charge is 0.493 e. The summed E-state index contributed by atoms with van der Waals surface area (Å²) in [6.07, 6.45) is 3.85. The van der Waals surface area contributed by atoms with Crippen molar-refractivity contribution in [3.63, 3.8) is 0 Å². The van der Waals surface area contributed by atoms with Crippen LogP contribution >= 0.6 is 0 Å². The Hall–Kier alpha value is -4.73. The van der Waals surface area contributed by atoms with Crippen LogP contribution in [0.3, 0.4) is 0 Å². The van der Waals surface area contributed by atoms with E-state index in [2.05, 4.69) is 35.7 Å². The van der Waals surface area contributed by atoms with Gasteiger partial charge in [0.25, 0.3) is 0 Å². The third-order valence-corrected chi connectivity index (χ3v) is 5.95. The number of aromatic nitrogens is 3. The van der Waals surface area contributed by atoms with Gasteiger partial charge in [-0.05, 0) is 54.8 Å². The monoisotopic (exact) mass is 513 g/mol. The first kappa shape index (κ1) is 24.9. The van der Waals surface area contributed by atoms with Crippen LogP contribution in [0.4, 0.5) is 27.9 Å². The summed E-state index contributed by atoms with van der Waals surface area (Å²) in [5.41, 5.74) is 5.03. The SMILES string of the molecule is COc1cc(/C=N\Nc2nc(Nc3ccccc3)nc(N3CCCC3)n2)ccc1OCc1ccccc1F. The average molecular weight is 514 g/mol. The van der Waals surface area contributed by atoms with Crippen LogP contribution in [0.15, 0.2) is 77.9 Å². The van der Waals surface area contributed by atoms with Gasteiger partial charge < -0.3 is 19.7 Å². The molecule has 38 heavy (non-hydrogen) atoms. The van der Waals surface area contributed by atoms with E-state index in [1.165, 1.54) is 6.07 Å². The Morgan fingerprint density at radius 2 is 1.68 bits per heavy atom. The number of methoxy groups -OCH3 is 1. The Labute approximate surface area is 220 Å². The molecule has 4 aromatic rings. The van der Waals surface area contributed by atoms with Gasteiger partial charge in [0.2, 0.25) is 17.8 Å². The van der Waals surface area contributed by atoms with Crippen molar-refractivity contribution in [2.45, 2.75) is 19.4 Å². The van der Waals surface area contributed by atoms with E-state index < -0.39 is 0 Å². The highest BCUT2D eigenvalue weighted by molar-refractivity contribution is 5.81. The fraction of sp³-hybridized carbons (Fsp3) is 0.214. The van der Waals surface area contributed by atoms with Crippen LogP contribution in [0, 0.1) is 5.82 Å². The highest BCUT2D eigenvalue weighted by atomic mass is 19.1. The van der Waals surface area contributed by atoms with Crippen LogP contribution in [-0.4, -0.2) is 41.4 Å². The lowest BCUT2D eigenvalue weighted by Gasteiger charge is -2.16. The number of anilines is 4. The summed E-state index contributed by atoms with van der Waals surface area (Å²) in [4.78, 5) is 15.8. The molecule has 0 atom stereocenters. The maximum atomic E-state index is 13.9. The van der Waals surface area contributed by atoms with E-state index in [1.54, 1.807) is 43.7 Å². The number of hydrazone groups is 1. The molecule has 1 aliphatic heterocycles. The normalized spacial score (nSPS) is 13.1. The van der Waals surface area contributed by atoms with Crippen molar-refractivity contribution in [3.8, 4) is 11.5 Å². The van der Waals surface area contributed by atoms with Crippen LogP contribution in [0.5, 0.6) is 11.5 Å². The zero-order valence-electron chi connectivity index (χ0n) is 21.0. The summed E-state index contributed by atoms with van der Waals surface area (Å²) in [6.45, 7) is 1.90. The molecule has 2 N–H and O–H groups in total. The molecule has 0 radical (unpaired) electrons. The van der Waals surface area contributed by atoms with Gasteiger partial charge in [-0.2, -0.15) is 20.1 Å². The van der Waals surface area contributed by atoms with Crippen LogP contribution < -0.4 is 25.1 Å². The summed E-state index contributed by atoms with van der Waals surface area (Å²) >= 11 is 0. The van der Waals surface area contributed by atoms with Gasteiger partial charge >= 0.3 is 0 Å². The topological polar surface area (TPSA) is 96.8 Å². The second kappa shape index (κ2) is 12.0. The number of benzene rings is 3. The summed E-state index contributed by atoms with van der Waals surface area (Å²) in [5.74, 6) is 2.07. The van der Waals surface area contributed by atoms with Crippen molar-refractivity contribution in [1.82, 2.24) is 15.0 Å². The fourth-order valence-electron chi connectivity index (χ4n) is 4.00. The molecule has 2 heterocycles. The second-order valence-corrected chi connectivity index (χ2v) is 8.63. The third kappa shape index (κ3) is 6.33. The summed E-state index contributed by atoms with van der Waals surface area (Å²) < 4.78 is 25.2. The van der Waals surface area contributed by atoms with Crippen molar-refractivity contribution in [2.24, 2.45) is 5.10 Å². The van der Waals surface area contributed by atoms with Crippen LogP contribution in [-0.2, 0) is 6.61 Å². The Morgan fingerprint density at radius 1 is 0.921 bits per heavy atom. The van der Waals surface area contributed by atoms with E-state index in [0.29, 0.717) is 34.9 Å². The van der Waals surface area contributed by atoms with Gasteiger partial charge in [-0.1, -0.05) is 36.4 Å². The molecule has 3 aromatic carbocycles. The zero-order valence-corrected chi connectivity index (χ0v) is 21.0. The van der Waals surface area contributed by atoms with Gasteiger partial charge in [0.05, 0.1) is 13.3 Å². The van der Waals surface area contributed by atoms with E-state index in [9.17, 15) is 4.39 Å². The van der Waals surface area contributed by atoms with Crippen molar-refractivity contribution >= 4 is 29.7 Å². The minimum atomic E-state index is -0.311. The minimum absolute atomic E-state index is 0.0934. The molecule has 0 bridgehead atoms. The van der Waals surface area contributed by atoms with E-state index in [4.69, 9.17) is 9.47 Å². The number of hydrogen-bond donors (Lipinski definition) is 2. The highest BCUT2D eigenvalue weighted by Gasteiger charge is 2.17. The Kier molecular flexibility index (Phi) is 7.88. The van der Waals surface area contributed by atoms with E-state index in [-0.39, 0.29) is 12.4 Å². The van der Waals surface area contributed by atoms with Gasteiger partial charge in [-0.25, -0.2) is 9.82 Å². The molecular weight excluding hydrogens is 485 g/mol. The van der Waals surface area contributed by atoms with Gasteiger partial charge in [-0.3, -0.25) is 0 Å². The number of ether oxygens (including phenoxy) is 2. The molecule has 9 nitrogen and oxygen atoms in total. The van der Waals surface area contributed by atoms with Crippen molar-refractivity contribution < 1.29 is 13.9 Å². The standard InChI is InChI=1S/C28H28FN7O2/c1-37-25-17-20(13-14-24(25)38-19-21-9-5-6-12-23(21)29)18-30-35-27-32-26(31-22-10-3-2-4-11-22)33-28(34-27)36-15-7-8-16-36/h2-6,9-14,17-18H,7-8,15-16,19H2,1H3,(H2,31,32,33,34,35)/b30-18-. The Morgan fingerprint density at radius 3 is 2.47 bits per heavy atom. The van der Waals surface area contributed by atoms with E-state index in [0.717, 1.165) is 37.2 Å². The molecule has 194 valence electrons. The molecule has 1 aromatic heterocycles. The maximum absolute atomic E-state index is 13.9. The molecule has 10 heteroatoms. The smallest absolute Gasteiger partial charge is 0.250 e. The Balaban J connectivity index is 1.29. The molecule has 0 spiro atoms. The summed E-state index contributed by atoms with van der Waals surface area (Å²) in [7, 11) is 1.55. The molecule has 0 amide bonds. The van der Waals surface area contributed by atoms with Gasteiger partial charge in [0, 0.05) is 24.3 Å².